The van der Waals surface area contributed by atoms with Crippen LogP contribution in [0.1, 0.15) is 11.3 Å². The van der Waals surface area contributed by atoms with Gasteiger partial charge < -0.3 is 4.90 Å². The van der Waals surface area contributed by atoms with Crippen LogP contribution < -0.4 is 4.90 Å². The molecule has 0 atom stereocenters. The lowest BCUT2D eigenvalue weighted by Crippen LogP contribution is -2.21. The summed E-state index contributed by atoms with van der Waals surface area (Å²) in [6.07, 6.45) is -4.53. The zero-order chi connectivity index (χ0) is 17.9. The van der Waals surface area contributed by atoms with Gasteiger partial charge >= 0.3 is 6.18 Å². The summed E-state index contributed by atoms with van der Waals surface area (Å²) in [5, 5.41) is 0. The first-order valence-electron chi connectivity index (χ1n) is 7.70. The van der Waals surface area contributed by atoms with E-state index in [0.29, 0.717) is 12.1 Å². The zero-order valence-electron chi connectivity index (χ0n) is 13.5. The van der Waals surface area contributed by atoms with Crippen LogP contribution >= 0.6 is 0 Å². The fraction of sp³-hybridized carbons (Fsp3) is 0.158. The molecule has 0 N–H and O–H groups in total. The van der Waals surface area contributed by atoms with Crippen LogP contribution in [0.25, 0.3) is 11.3 Å². The van der Waals surface area contributed by atoms with Gasteiger partial charge in [-0.25, -0.2) is 9.97 Å². The van der Waals surface area contributed by atoms with Crippen molar-refractivity contribution in [2.45, 2.75) is 12.7 Å². The molecule has 0 bridgehead atoms. The summed E-state index contributed by atoms with van der Waals surface area (Å²) in [7, 11) is 1.68. The molecule has 0 aliphatic heterocycles. The summed E-state index contributed by atoms with van der Waals surface area (Å²) < 4.78 is 39.7. The lowest BCUT2D eigenvalue weighted by Gasteiger charge is -2.19. The van der Waals surface area contributed by atoms with Crippen LogP contribution in [0, 0.1) is 0 Å². The van der Waals surface area contributed by atoms with Crippen molar-refractivity contribution < 1.29 is 13.2 Å². The largest absolute Gasteiger partial charge is 0.433 e. The smallest absolute Gasteiger partial charge is 0.340 e. The van der Waals surface area contributed by atoms with Crippen LogP contribution in [0.2, 0.25) is 0 Å². The Labute approximate surface area is 143 Å². The molecule has 25 heavy (non-hydrogen) atoms. The molecule has 128 valence electrons. The maximum atomic E-state index is 13.2. The molecule has 2 aromatic carbocycles. The molecule has 0 aliphatic carbocycles. The van der Waals surface area contributed by atoms with Gasteiger partial charge in [0.05, 0.1) is 5.69 Å². The number of benzene rings is 2. The lowest BCUT2D eigenvalue weighted by atomic mass is 10.1. The average Bonchev–Trinajstić information content (AvgIpc) is 2.62. The molecule has 0 spiro atoms. The molecule has 0 saturated heterocycles. The molecule has 0 amide bonds. The van der Waals surface area contributed by atoms with Crippen LogP contribution in [0.5, 0.6) is 0 Å². The molecule has 3 rings (SSSR count). The van der Waals surface area contributed by atoms with Gasteiger partial charge in [0.1, 0.15) is 0 Å². The molecular weight excluding hydrogens is 327 g/mol. The molecular formula is C19H16F3N3. The zero-order valence-corrected chi connectivity index (χ0v) is 13.5. The third-order valence-electron chi connectivity index (χ3n) is 3.68. The second kappa shape index (κ2) is 6.93. The van der Waals surface area contributed by atoms with E-state index in [4.69, 9.17) is 0 Å². The summed E-state index contributed by atoms with van der Waals surface area (Å²) in [5.74, 6) is 0.0394. The number of aromatic nitrogens is 2. The number of nitrogens with zero attached hydrogens (tertiary/aromatic N) is 3. The molecule has 0 fully saturated rings. The molecule has 1 aromatic heterocycles. The quantitative estimate of drug-likeness (QED) is 0.681. The van der Waals surface area contributed by atoms with Crippen LogP contribution in [-0.2, 0) is 12.7 Å². The average molecular weight is 343 g/mol. The summed E-state index contributed by atoms with van der Waals surface area (Å²) in [4.78, 5) is 9.65. The van der Waals surface area contributed by atoms with Gasteiger partial charge in [0.25, 0.3) is 0 Å². The summed E-state index contributed by atoms with van der Waals surface area (Å²) >= 11 is 0. The fourth-order valence-corrected chi connectivity index (χ4v) is 2.44. The maximum Gasteiger partial charge on any atom is 0.433 e. The van der Waals surface area contributed by atoms with Gasteiger partial charge in [-0.1, -0.05) is 60.7 Å². The number of anilines is 1. The van der Waals surface area contributed by atoms with Crippen molar-refractivity contribution in [1.82, 2.24) is 9.97 Å². The van der Waals surface area contributed by atoms with Crippen molar-refractivity contribution in [3.05, 3.63) is 78.0 Å². The predicted octanol–water partition coefficient (Wildman–Crippen LogP) is 4.80. The third kappa shape index (κ3) is 4.15. The Kier molecular flexibility index (Phi) is 4.70. The molecule has 3 aromatic rings. The predicted molar refractivity (Wildman–Crippen MR) is 91.0 cm³/mol. The van der Waals surface area contributed by atoms with E-state index >= 15 is 0 Å². The van der Waals surface area contributed by atoms with Gasteiger partial charge in [0.2, 0.25) is 5.95 Å². The van der Waals surface area contributed by atoms with Crippen LogP contribution in [0.4, 0.5) is 19.1 Å². The van der Waals surface area contributed by atoms with Gasteiger partial charge in [-0.15, -0.1) is 0 Å². The lowest BCUT2D eigenvalue weighted by molar-refractivity contribution is -0.141. The van der Waals surface area contributed by atoms with Gasteiger partial charge in [-0.05, 0) is 11.6 Å². The van der Waals surface area contributed by atoms with Crippen LogP contribution in [0.3, 0.4) is 0 Å². The van der Waals surface area contributed by atoms with E-state index in [1.165, 1.54) is 0 Å². The minimum absolute atomic E-state index is 0.0394. The normalized spacial score (nSPS) is 11.4. The highest BCUT2D eigenvalue weighted by Gasteiger charge is 2.34. The third-order valence-corrected chi connectivity index (χ3v) is 3.68. The molecule has 3 nitrogen and oxygen atoms in total. The van der Waals surface area contributed by atoms with Crippen molar-refractivity contribution >= 4 is 5.95 Å². The van der Waals surface area contributed by atoms with E-state index in [0.717, 1.165) is 11.6 Å². The van der Waals surface area contributed by atoms with Gasteiger partial charge in [0, 0.05) is 19.2 Å². The highest BCUT2D eigenvalue weighted by atomic mass is 19.4. The van der Waals surface area contributed by atoms with Gasteiger partial charge in [0.15, 0.2) is 5.69 Å². The van der Waals surface area contributed by atoms with Crippen molar-refractivity contribution in [2.75, 3.05) is 11.9 Å². The Morgan fingerprint density at radius 1 is 0.880 bits per heavy atom. The maximum absolute atomic E-state index is 13.2. The molecule has 0 unspecified atom stereocenters. The summed E-state index contributed by atoms with van der Waals surface area (Å²) in [5.41, 5.74) is 0.881. The van der Waals surface area contributed by atoms with E-state index in [9.17, 15) is 13.2 Å². The van der Waals surface area contributed by atoms with Crippen LogP contribution in [-0.4, -0.2) is 17.0 Å². The molecule has 6 heteroatoms. The van der Waals surface area contributed by atoms with E-state index in [1.54, 1.807) is 42.3 Å². The summed E-state index contributed by atoms with van der Waals surface area (Å²) in [6.45, 7) is 0.413. The Hall–Kier alpha value is -2.89. The number of halogens is 3. The number of hydrogen-bond acceptors (Lipinski definition) is 3. The minimum Gasteiger partial charge on any atom is -0.340 e. The van der Waals surface area contributed by atoms with Crippen molar-refractivity contribution in [1.29, 1.82) is 0 Å². The van der Waals surface area contributed by atoms with Crippen molar-refractivity contribution in [3.8, 4) is 11.3 Å². The highest BCUT2D eigenvalue weighted by Crippen LogP contribution is 2.31. The number of rotatable bonds is 4. The monoisotopic (exact) mass is 343 g/mol. The van der Waals surface area contributed by atoms with E-state index in [-0.39, 0.29) is 11.6 Å². The number of alkyl halides is 3. The molecule has 0 radical (unpaired) electrons. The first kappa shape index (κ1) is 17.0. The standard InChI is InChI=1S/C19H16F3N3/c1-25(13-14-8-4-2-5-9-14)18-23-16(15-10-6-3-7-11-15)12-17(24-18)19(20,21)22/h2-12H,13H2,1H3. The highest BCUT2D eigenvalue weighted by molar-refractivity contribution is 5.61. The van der Waals surface area contributed by atoms with Gasteiger partial charge in [-0.2, -0.15) is 13.2 Å². The van der Waals surface area contributed by atoms with Gasteiger partial charge in [-0.3, -0.25) is 0 Å². The van der Waals surface area contributed by atoms with E-state index < -0.39 is 11.9 Å². The Morgan fingerprint density at radius 3 is 2.08 bits per heavy atom. The van der Waals surface area contributed by atoms with Crippen molar-refractivity contribution in [3.63, 3.8) is 0 Å². The molecule has 1 heterocycles. The molecule has 0 aliphatic rings. The number of hydrogen-bond donors (Lipinski definition) is 0. The molecule has 0 saturated carbocycles. The Balaban J connectivity index is 2.00. The second-order valence-electron chi connectivity index (χ2n) is 5.64. The SMILES string of the molecule is CN(Cc1ccccc1)c1nc(-c2ccccc2)cc(C(F)(F)F)n1. The first-order valence-corrected chi connectivity index (χ1v) is 7.70. The van der Waals surface area contributed by atoms with Crippen LogP contribution in [0.15, 0.2) is 66.7 Å². The topological polar surface area (TPSA) is 29.0 Å². The Morgan fingerprint density at radius 2 is 1.48 bits per heavy atom. The first-order chi connectivity index (χ1) is 11.9. The summed E-state index contributed by atoms with van der Waals surface area (Å²) in [6, 6.07) is 19.2. The second-order valence-corrected chi connectivity index (χ2v) is 5.64. The Bertz CT molecular complexity index is 834. The van der Waals surface area contributed by atoms with E-state index in [1.807, 2.05) is 30.3 Å². The van der Waals surface area contributed by atoms with E-state index in [2.05, 4.69) is 9.97 Å². The van der Waals surface area contributed by atoms with Crippen molar-refractivity contribution in [2.24, 2.45) is 0 Å². The minimum atomic E-state index is -4.53. The fourth-order valence-electron chi connectivity index (χ4n) is 2.44.